The second kappa shape index (κ2) is 6.17. The van der Waals surface area contributed by atoms with Crippen molar-refractivity contribution in [2.24, 2.45) is 0 Å². The van der Waals surface area contributed by atoms with E-state index in [1.54, 1.807) is 0 Å². The smallest absolute Gasteiger partial charge is 0.245 e. The molecule has 2 aliphatic rings. The largest absolute Gasteiger partial charge is 0.377 e. The first-order valence-corrected chi connectivity index (χ1v) is 6.55. The number of amides is 1. The zero-order chi connectivity index (χ0) is 12.1. The number of ether oxygens (including phenoxy) is 1. The Labute approximate surface area is 103 Å². The van der Waals surface area contributed by atoms with E-state index in [0.29, 0.717) is 6.10 Å². The third-order valence-corrected chi connectivity index (χ3v) is 3.56. The standard InChI is InChI=1S/C13H22N2O2/c1-2-13(16)15-7-4-6-14(8-9-15)11-12-5-3-10-17-12/h2,12H,1,3-11H2/t12-/m1/s1. The van der Waals surface area contributed by atoms with Crippen molar-refractivity contribution < 1.29 is 9.53 Å². The Bertz CT molecular complexity index is 275. The number of rotatable bonds is 3. The van der Waals surface area contributed by atoms with Crippen molar-refractivity contribution in [2.45, 2.75) is 25.4 Å². The molecule has 1 amide bonds. The van der Waals surface area contributed by atoms with Crippen LogP contribution in [0, 0.1) is 0 Å². The van der Waals surface area contributed by atoms with Crippen molar-refractivity contribution >= 4 is 5.91 Å². The maximum Gasteiger partial charge on any atom is 0.245 e. The number of carbonyl (C=O) groups excluding carboxylic acids is 1. The highest BCUT2D eigenvalue weighted by molar-refractivity contribution is 5.86. The molecule has 2 fully saturated rings. The van der Waals surface area contributed by atoms with Gasteiger partial charge >= 0.3 is 0 Å². The number of carbonyl (C=O) groups is 1. The van der Waals surface area contributed by atoms with E-state index < -0.39 is 0 Å². The molecule has 0 radical (unpaired) electrons. The summed E-state index contributed by atoms with van der Waals surface area (Å²) in [6, 6.07) is 0. The second-order valence-corrected chi connectivity index (χ2v) is 4.82. The lowest BCUT2D eigenvalue weighted by Crippen LogP contribution is -2.37. The third-order valence-electron chi connectivity index (χ3n) is 3.56. The van der Waals surface area contributed by atoms with Gasteiger partial charge in [-0.3, -0.25) is 9.69 Å². The Kier molecular flexibility index (Phi) is 4.57. The maximum absolute atomic E-state index is 11.5. The fraction of sp³-hybridized carbons (Fsp3) is 0.769. The van der Waals surface area contributed by atoms with E-state index in [-0.39, 0.29) is 5.91 Å². The van der Waals surface area contributed by atoms with Crippen LogP contribution in [0.2, 0.25) is 0 Å². The van der Waals surface area contributed by atoms with Crippen LogP contribution in [0.5, 0.6) is 0 Å². The van der Waals surface area contributed by atoms with Gasteiger partial charge in [0.05, 0.1) is 6.10 Å². The summed E-state index contributed by atoms with van der Waals surface area (Å²) in [6.45, 7) is 9.18. The molecule has 0 aromatic heterocycles. The van der Waals surface area contributed by atoms with Gasteiger partial charge in [0.25, 0.3) is 0 Å². The van der Waals surface area contributed by atoms with E-state index in [2.05, 4.69) is 11.5 Å². The minimum atomic E-state index is 0.0592. The van der Waals surface area contributed by atoms with Gasteiger partial charge in [-0.2, -0.15) is 0 Å². The zero-order valence-electron chi connectivity index (χ0n) is 10.4. The van der Waals surface area contributed by atoms with Crippen molar-refractivity contribution in [3.8, 4) is 0 Å². The van der Waals surface area contributed by atoms with Gasteiger partial charge in [0.15, 0.2) is 0 Å². The van der Waals surface area contributed by atoms with Crippen molar-refractivity contribution in [3.05, 3.63) is 12.7 Å². The minimum Gasteiger partial charge on any atom is -0.377 e. The Balaban J connectivity index is 1.78. The molecule has 2 saturated heterocycles. The summed E-state index contributed by atoms with van der Waals surface area (Å²) in [5.74, 6) is 0.0592. The predicted octanol–water partition coefficient (Wildman–Crippen LogP) is 0.886. The van der Waals surface area contributed by atoms with E-state index >= 15 is 0 Å². The molecule has 1 atom stereocenters. The first kappa shape index (κ1) is 12.6. The lowest BCUT2D eigenvalue weighted by molar-refractivity contribution is -0.125. The predicted molar refractivity (Wildman–Crippen MR) is 66.8 cm³/mol. The molecule has 0 saturated carbocycles. The van der Waals surface area contributed by atoms with Crippen LogP contribution in [0.3, 0.4) is 0 Å². The van der Waals surface area contributed by atoms with Crippen molar-refractivity contribution in [1.29, 1.82) is 0 Å². The van der Waals surface area contributed by atoms with Crippen LogP contribution < -0.4 is 0 Å². The molecule has 2 heterocycles. The molecular weight excluding hydrogens is 216 g/mol. The SMILES string of the molecule is C=CC(=O)N1CCCN(C[C@H]2CCCO2)CC1. The Morgan fingerprint density at radius 1 is 1.29 bits per heavy atom. The summed E-state index contributed by atoms with van der Waals surface area (Å²) in [5.41, 5.74) is 0. The lowest BCUT2D eigenvalue weighted by Gasteiger charge is -2.23. The fourth-order valence-electron chi connectivity index (χ4n) is 2.58. The molecule has 17 heavy (non-hydrogen) atoms. The fourth-order valence-corrected chi connectivity index (χ4v) is 2.58. The summed E-state index contributed by atoms with van der Waals surface area (Å²) in [7, 11) is 0. The highest BCUT2D eigenvalue weighted by atomic mass is 16.5. The lowest BCUT2D eigenvalue weighted by atomic mass is 10.2. The van der Waals surface area contributed by atoms with Gasteiger partial charge in [0, 0.05) is 32.8 Å². The molecule has 2 aliphatic heterocycles. The normalized spacial score (nSPS) is 26.8. The molecule has 0 aliphatic carbocycles. The van der Waals surface area contributed by atoms with Crippen molar-refractivity contribution in [2.75, 3.05) is 39.3 Å². The van der Waals surface area contributed by atoms with Crippen LogP contribution in [0.15, 0.2) is 12.7 Å². The van der Waals surface area contributed by atoms with Crippen LogP contribution >= 0.6 is 0 Å². The van der Waals surface area contributed by atoms with Crippen LogP contribution in [-0.4, -0.2) is 61.1 Å². The van der Waals surface area contributed by atoms with E-state index in [4.69, 9.17) is 4.74 Å². The van der Waals surface area contributed by atoms with Gasteiger partial charge in [-0.1, -0.05) is 6.58 Å². The van der Waals surface area contributed by atoms with E-state index in [9.17, 15) is 4.79 Å². The summed E-state index contributed by atoms with van der Waals surface area (Å²) in [4.78, 5) is 15.8. The van der Waals surface area contributed by atoms with Gasteiger partial charge < -0.3 is 9.64 Å². The van der Waals surface area contributed by atoms with Crippen LogP contribution in [0.4, 0.5) is 0 Å². The molecule has 0 spiro atoms. The molecule has 0 bridgehead atoms. The highest BCUT2D eigenvalue weighted by Gasteiger charge is 2.22. The van der Waals surface area contributed by atoms with Crippen molar-refractivity contribution in [1.82, 2.24) is 9.80 Å². The molecule has 0 aromatic rings. The third kappa shape index (κ3) is 3.54. The molecule has 0 unspecified atom stereocenters. The minimum absolute atomic E-state index is 0.0592. The molecule has 0 N–H and O–H groups in total. The maximum atomic E-state index is 11.5. The quantitative estimate of drug-likeness (QED) is 0.684. The summed E-state index contributed by atoms with van der Waals surface area (Å²) >= 11 is 0. The van der Waals surface area contributed by atoms with Gasteiger partial charge in [0.1, 0.15) is 0 Å². The number of hydrogen-bond acceptors (Lipinski definition) is 3. The summed E-state index contributed by atoms with van der Waals surface area (Å²) in [6.07, 6.45) is 5.25. The van der Waals surface area contributed by atoms with Crippen LogP contribution in [0.25, 0.3) is 0 Å². The molecule has 0 aromatic carbocycles. The monoisotopic (exact) mass is 238 g/mol. The molecular formula is C13H22N2O2. The summed E-state index contributed by atoms with van der Waals surface area (Å²) in [5, 5.41) is 0. The number of nitrogens with zero attached hydrogens (tertiary/aromatic N) is 2. The highest BCUT2D eigenvalue weighted by Crippen LogP contribution is 2.14. The van der Waals surface area contributed by atoms with Crippen molar-refractivity contribution in [3.63, 3.8) is 0 Å². The molecule has 96 valence electrons. The van der Waals surface area contributed by atoms with Crippen LogP contribution in [0.1, 0.15) is 19.3 Å². The van der Waals surface area contributed by atoms with E-state index in [1.165, 1.54) is 18.9 Å². The molecule has 4 nitrogen and oxygen atoms in total. The molecule has 2 rings (SSSR count). The van der Waals surface area contributed by atoms with Gasteiger partial charge in [-0.15, -0.1) is 0 Å². The average molecular weight is 238 g/mol. The van der Waals surface area contributed by atoms with Gasteiger partial charge in [-0.25, -0.2) is 0 Å². The second-order valence-electron chi connectivity index (χ2n) is 4.82. The first-order chi connectivity index (χ1) is 8.29. The zero-order valence-corrected chi connectivity index (χ0v) is 10.4. The summed E-state index contributed by atoms with van der Waals surface area (Å²) < 4.78 is 5.65. The average Bonchev–Trinajstić information content (AvgIpc) is 2.73. The topological polar surface area (TPSA) is 32.8 Å². The Hall–Kier alpha value is -0.870. The molecule has 4 heteroatoms. The van der Waals surface area contributed by atoms with Crippen LogP contribution in [-0.2, 0) is 9.53 Å². The van der Waals surface area contributed by atoms with Gasteiger partial charge in [-0.05, 0) is 31.9 Å². The van der Waals surface area contributed by atoms with E-state index in [0.717, 1.165) is 45.8 Å². The van der Waals surface area contributed by atoms with E-state index in [1.807, 2.05) is 4.90 Å². The Morgan fingerprint density at radius 3 is 2.88 bits per heavy atom. The Morgan fingerprint density at radius 2 is 2.18 bits per heavy atom. The van der Waals surface area contributed by atoms with Gasteiger partial charge in [0.2, 0.25) is 5.91 Å². The number of hydrogen-bond donors (Lipinski definition) is 0. The first-order valence-electron chi connectivity index (χ1n) is 6.55.